The number of thiocarbonyl (C=S) groups is 1. The van der Waals surface area contributed by atoms with Gasteiger partial charge in [-0.3, -0.25) is 0 Å². The van der Waals surface area contributed by atoms with Crippen LogP contribution in [0, 0.1) is 0 Å². The highest BCUT2D eigenvalue weighted by Gasteiger charge is 2.13. The van der Waals surface area contributed by atoms with E-state index in [1.165, 1.54) is 0 Å². The predicted octanol–water partition coefficient (Wildman–Crippen LogP) is 4.23. The van der Waals surface area contributed by atoms with Crippen LogP contribution < -0.4 is 14.8 Å². The van der Waals surface area contributed by atoms with E-state index in [4.69, 9.17) is 44.9 Å². The third kappa shape index (κ3) is 4.04. The lowest BCUT2D eigenvalue weighted by Gasteiger charge is -2.22. The van der Waals surface area contributed by atoms with Crippen molar-refractivity contribution in [2.75, 3.05) is 13.8 Å². The van der Waals surface area contributed by atoms with Crippen molar-refractivity contribution in [2.24, 2.45) is 0 Å². The molecular weight excluding hydrogens is 367 g/mol. The second kappa shape index (κ2) is 7.47. The van der Waals surface area contributed by atoms with Crippen molar-refractivity contribution < 1.29 is 9.47 Å². The SMILES string of the molecule is CN(Cc1ccc(Cl)cc1Cl)C(=S)NCc1ccc2c(c1)OCO2. The molecule has 1 N–H and O–H groups in total. The second-order valence-corrected chi connectivity index (χ2v) is 6.67. The van der Waals surface area contributed by atoms with Gasteiger partial charge in [-0.25, -0.2) is 0 Å². The topological polar surface area (TPSA) is 33.7 Å². The van der Waals surface area contributed by atoms with E-state index in [0.717, 1.165) is 22.6 Å². The predicted molar refractivity (Wildman–Crippen MR) is 99.9 cm³/mol. The van der Waals surface area contributed by atoms with Crippen LogP contribution in [-0.2, 0) is 13.1 Å². The van der Waals surface area contributed by atoms with Crippen molar-refractivity contribution in [2.45, 2.75) is 13.1 Å². The molecule has 0 aliphatic carbocycles. The summed E-state index contributed by atoms with van der Waals surface area (Å²) in [5.41, 5.74) is 2.04. The number of fused-ring (bicyclic) bond motifs is 1. The minimum atomic E-state index is 0.273. The summed E-state index contributed by atoms with van der Waals surface area (Å²) in [4.78, 5) is 1.93. The van der Waals surface area contributed by atoms with Crippen molar-refractivity contribution >= 4 is 40.5 Å². The average molecular weight is 383 g/mol. The van der Waals surface area contributed by atoms with Crippen LogP contribution in [0.3, 0.4) is 0 Å². The summed E-state index contributed by atoms with van der Waals surface area (Å²) in [7, 11) is 1.92. The van der Waals surface area contributed by atoms with Gasteiger partial charge in [0.05, 0.1) is 0 Å². The number of ether oxygens (including phenoxy) is 2. The van der Waals surface area contributed by atoms with Gasteiger partial charge in [-0.05, 0) is 47.6 Å². The maximum Gasteiger partial charge on any atom is 0.231 e. The van der Waals surface area contributed by atoms with Crippen LogP contribution in [0.2, 0.25) is 10.0 Å². The van der Waals surface area contributed by atoms with Crippen molar-refractivity contribution in [3.8, 4) is 11.5 Å². The van der Waals surface area contributed by atoms with Gasteiger partial charge >= 0.3 is 0 Å². The van der Waals surface area contributed by atoms with Crippen LogP contribution in [0.15, 0.2) is 36.4 Å². The smallest absolute Gasteiger partial charge is 0.231 e. The molecular formula is C17H16Cl2N2O2S. The summed E-state index contributed by atoms with van der Waals surface area (Å²) in [6.07, 6.45) is 0. The van der Waals surface area contributed by atoms with Crippen LogP contribution in [0.25, 0.3) is 0 Å². The monoisotopic (exact) mass is 382 g/mol. The molecule has 0 atom stereocenters. The molecule has 0 saturated heterocycles. The molecule has 4 nitrogen and oxygen atoms in total. The lowest BCUT2D eigenvalue weighted by molar-refractivity contribution is 0.174. The number of benzene rings is 2. The Morgan fingerprint density at radius 1 is 1.17 bits per heavy atom. The Labute approximate surface area is 156 Å². The highest BCUT2D eigenvalue weighted by molar-refractivity contribution is 7.80. The zero-order chi connectivity index (χ0) is 17.1. The van der Waals surface area contributed by atoms with Gasteiger partial charge in [0, 0.05) is 30.2 Å². The maximum absolute atomic E-state index is 6.20. The Hall–Kier alpha value is -1.69. The van der Waals surface area contributed by atoms with Crippen LogP contribution in [0.4, 0.5) is 0 Å². The van der Waals surface area contributed by atoms with Crippen molar-refractivity contribution in [3.63, 3.8) is 0 Å². The van der Waals surface area contributed by atoms with E-state index >= 15 is 0 Å². The molecule has 126 valence electrons. The number of rotatable bonds is 4. The minimum Gasteiger partial charge on any atom is -0.454 e. The minimum absolute atomic E-state index is 0.273. The summed E-state index contributed by atoms with van der Waals surface area (Å²) in [6, 6.07) is 11.3. The first-order chi connectivity index (χ1) is 11.5. The maximum atomic E-state index is 6.20. The Morgan fingerprint density at radius 3 is 2.75 bits per heavy atom. The molecule has 0 fully saturated rings. The summed E-state index contributed by atoms with van der Waals surface area (Å²) in [6.45, 7) is 1.48. The third-order valence-corrected chi connectivity index (χ3v) is 4.69. The molecule has 1 aliphatic rings. The first-order valence-electron chi connectivity index (χ1n) is 7.34. The van der Waals surface area contributed by atoms with E-state index in [1.54, 1.807) is 6.07 Å². The third-order valence-electron chi connectivity index (χ3n) is 3.65. The molecule has 2 aromatic rings. The Morgan fingerprint density at radius 2 is 1.96 bits per heavy atom. The van der Waals surface area contributed by atoms with E-state index in [2.05, 4.69) is 5.32 Å². The van der Waals surface area contributed by atoms with Gasteiger partial charge < -0.3 is 19.7 Å². The zero-order valence-corrected chi connectivity index (χ0v) is 15.3. The van der Waals surface area contributed by atoms with Crippen LogP contribution in [-0.4, -0.2) is 23.9 Å². The lowest BCUT2D eigenvalue weighted by Crippen LogP contribution is -2.36. The number of nitrogens with zero attached hydrogens (tertiary/aromatic N) is 1. The van der Waals surface area contributed by atoms with E-state index in [9.17, 15) is 0 Å². The first kappa shape index (κ1) is 17.1. The van der Waals surface area contributed by atoms with Gasteiger partial charge in [-0.15, -0.1) is 0 Å². The summed E-state index contributed by atoms with van der Waals surface area (Å²) >= 11 is 17.6. The number of hydrogen-bond acceptors (Lipinski definition) is 3. The van der Waals surface area contributed by atoms with Gasteiger partial charge in [-0.1, -0.05) is 35.3 Å². The molecule has 3 rings (SSSR count). The highest BCUT2D eigenvalue weighted by atomic mass is 35.5. The van der Waals surface area contributed by atoms with Crippen LogP contribution >= 0.6 is 35.4 Å². The Bertz CT molecular complexity index is 770. The molecule has 1 heterocycles. The number of halogens is 2. The fourth-order valence-corrected chi connectivity index (χ4v) is 2.95. The number of nitrogens with one attached hydrogen (secondary N) is 1. The quantitative estimate of drug-likeness (QED) is 0.800. The van der Waals surface area contributed by atoms with Crippen LogP contribution in [0.1, 0.15) is 11.1 Å². The van der Waals surface area contributed by atoms with Gasteiger partial charge in [-0.2, -0.15) is 0 Å². The second-order valence-electron chi connectivity index (χ2n) is 5.44. The zero-order valence-electron chi connectivity index (χ0n) is 13.0. The van der Waals surface area contributed by atoms with Gasteiger partial charge in [0.25, 0.3) is 0 Å². The Balaban J connectivity index is 1.56. The molecule has 0 bridgehead atoms. The van der Waals surface area contributed by atoms with E-state index in [-0.39, 0.29) is 6.79 Å². The Kier molecular flexibility index (Phi) is 5.33. The summed E-state index contributed by atoms with van der Waals surface area (Å²) in [5, 5.41) is 5.12. The van der Waals surface area contributed by atoms with Gasteiger partial charge in [0.15, 0.2) is 16.6 Å². The van der Waals surface area contributed by atoms with Crippen LogP contribution in [0.5, 0.6) is 11.5 Å². The average Bonchev–Trinajstić information content (AvgIpc) is 3.02. The highest BCUT2D eigenvalue weighted by Crippen LogP contribution is 2.32. The lowest BCUT2D eigenvalue weighted by atomic mass is 10.2. The standard InChI is InChI=1S/C17H16Cl2N2O2S/c1-21(9-12-3-4-13(18)7-14(12)19)17(24)20-8-11-2-5-15-16(6-11)23-10-22-15/h2-7H,8-10H2,1H3,(H,20,24). The normalized spacial score (nSPS) is 12.1. The van der Waals surface area contributed by atoms with Crippen molar-refractivity contribution in [1.82, 2.24) is 10.2 Å². The fourth-order valence-electron chi connectivity index (χ4n) is 2.34. The van der Waals surface area contributed by atoms with Gasteiger partial charge in [0.2, 0.25) is 6.79 Å². The van der Waals surface area contributed by atoms with E-state index in [0.29, 0.717) is 28.2 Å². The molecule has 2 aromatic carbocycles. The molecule has 1 aliphatic heterocycles. The molecule has 7 heteroatoms. The molecule has 24 heavy (non-hydrogen) atoms. The van der Waals surface area contributed by atoms with Crippen molar-refractivity contribution in [3.05, 3.63) is 57.6 Å². The largest absolute Gasteiger partial charge is 0.454 e. The molecule has 0 radical (unpaired) electrons. The molecule has 0 amide bonds. The molecule has 0 spiro atoms. The first-order valence-corrected chi connectivity index (χ1v) is 8.51. The molecule has 0 saturated carbocycles. The van der Waals surface area contributed by atoms with Crippen molar-refractivity contribution in [1.29, 1.82) is 0 Å². The fraction of sp³-hybridized carbons (Fsp3) is 0.235. The summed E-state index contributed by atoms with van der Waals surface area (Å²) in [5.74, 6) is 1.54. The molecule has 0 aromatic heterocycles. The summed E-state index contributed by atoms with van der Waals surface area (Å²) < 4.78 is 10.7. The van der Waals surface area contributed by atoms with E-state index < -0.39 is 0 Å². The van der Waals surface area contributed by atoms with E-state index in [1.807, 2.05) is 42.3 Å². The van der Waals surface area contributed by atoms with Gasteiger partial charge in [0.1, 0.15) is 0 Å². The number of hydrogen-bond donors (Lipinski definition) is 1. The molecule has 0 unspecified atom stereocenters.